The van der Waals surface area contributed by atoms with Crippen LogP contribution in [0.5, 0.6) is 0 Å². The summed E-state index contributed by atoms with van der Waals surface area (Å²) in [5.74, 6) is -0.509. The van der Waals surface area contributed by atoms with Crippen molar-refractivity contribution < 1.29 is 9.18 Å². The zero-order valence-electron chi connectivity index (χ0n) is 17.9. The van der Waals surface area contributed by atoms with Gasteiger partial charge in [-0.05, 0) is 85.6 Å². The maximum Gasteiger partial charge on any atom is 0.255 e. The Labute approximate surface area is 191 Å². The predicted molar refractivity (Wildman–Crippen MR) is 130 cm³/mol. The van der Waals surface area contributed by atoms with Crippen molar-refractivity contribution in [2.24, 2.45) is 5.73 Å². The van der Waals surface area contributed by atoms with Gasteiger partial charge in [-0.2, -0.15) is 0 Å². The Balaban J connectivity index is 1.22. The van der Waals surface area contributed by atoms with Gasteiger partial charge in [-0.3, -0.25) is 9.78 Å². The molecule has 1 amide bonds. The largest absolute Gasteiger partial charge is 0.382 e. The first kappa shape index (κ1) is 20.9. The van der Waals surface area contributed by atoms with Crippen molar-refractivity contribution in [2.45, 2.75) is 24.9 Å². The van der Waals surface area contributed by atoms with E-state index < -0.39 is 0 Å². The Bertz CT molecular complexity index is 1280. The van der Waals surface area contributed by atoms with Gasteiger partial charge in [0.25, 0.3) is 5.91 Å². The van der Waals surface area contributed by atoms with Gasteiger partial charge >= 0.3 is 0 Å². The fraction of sp³-hybridized carbons (Fsp3) is 0.154. The van der Waals surface area contributed by atoms with Crippen LogP contribution in [0.25, 0.3) is 10.9 Å². The maximum absolute atomic E-state index is 13.7. The standard InChI is InChI=1S/C26H24FN5O/c27-17-3-10-24-23(13-17)25(11-12-29-24)31-20-4-1-16(2-5-20)26(33)32-21-8-6-19(7-9-21)30-22-14-18(28)15-22/h1-13,18,22,30H,14-15,28H2,(H,29,31)(H,32,33). The summed E-state index contributed by atoms with van der Waals surface area (Å²) in [5, 5.41) is 10.3. The highest BCUT2D eigenvalue weighted by atomic mass is 19.1. The molecule has 0 saturated heterocycles. The van der Waals surface area contributed by atoms with Crippen LogP contribution < -0.4 is 21.7 Å². The van der Waals surface area contributed by atoms with Crippen molar-refractivity contribution in [3.8, 4) is 0 Å². The molecule has 5 N–H and O–H groups in total. The molecular weight excluding hydrogens is 417 g/mol. The number of fused-ring (bicyclic) bond motifs is 1. The second-order valence-electron chi connectivity index (χ2n) is 8.33. The molecule has 0 radical (unpaired) electrons. The van der Waals surface area contributed by atoms with Crippen LogP contribution in [0.2, 0.25) is 0 Å². The van der Waals surface area contributed by atoms with Gasteiger partial charge in [0, 0.05) is 52.0 Å². The number of rotatable bonds is 6. The first-order valence-corrected chi connectivity index (χ1v) is 10.9. The lowest BCUT2D eigenvalue weighted by molar-refractivity contribution is 0.102. The van der Waals surface area contributed by atoms with Crippen LogP contribution in [0.1, 0.15) is 23.2 Å². The quantitative estimate of drug-likeness (QED) is 0.327. The molecule has 7 heteroatoms. The SMILES string of the molecule is NC1CC(Nc2ccc(NC(=O)c3ccc(Nc4ccnc5ccc(F)cc45)cc3)cc2)C1. The van der Waals surface area contributed by atoms with E-state index in [4.69, 9.17) is 5.73 Å². The molecule has 1 heterocycles. The molecule has 1 fully saturated rings. The van der Waals surface area contributed by atoms with Crippen LogP contribution >= 0.6 is 0 Å². The molecule has 1 saturated carbocycles. The molecule has 1 aliphatic rings. The van der Waals surface area contributed by atoms with E-state index in [2.05, 4.69) is 20.9 Å². The van der Waals surface area contributed by atoms with Crippen LogP contribution in [0.15, 0.2) is 79.0 Å². The van der Waals surface area contributed by atoms with E-state index in [-0.39, 0.29) is 11.7 Å². The lowest BCUT2D eigenvalue weighted by atomic mass is 9.87. The highest BCUT2D eigenvalue weighted by Crippen LogP contribution is 2.26. The van der Waals surface area contributed by atoms with Crippen molar-refractivity contribution in [2.75, 3.05) is 16.0 Å². The third-order valence-electron chi connectivity index (χ3n) is 5.82. The highest BCUT2D eigenvalue weighted by Gasteiger charge is 2.25. The molecule has 6 nitrogen and oxygen atoms in total. The average Bonchev–Trinajstić information content (AvgIpc) is 2.80. The van der Waals surface area contributed by atoms with Gasteiger partial charge in [0.05, 0.1) is 5.52 Å². The number of nitrogens with one attached hydrogen (secondary N) is 3. The number of halogens is 1. The minimum Gasteiger partial charge on any atom is -0.382 e. The summed E-state index contributed by atoms with van der Waals surface area (Å²) in [6.07, 6.45) is 3.64. The number of nitrogens with two attached hydrogens (primary N) is 1. The smallest absolute Gasteiger partial charge is 0.255 e. The lowest BCUT2D eigenvalue weighted by Crippen LogP contribution is -2.44. The van der Waals surface area contributed by atoms with Gasteiger partial charge in [0.1, 0.15) is 5.82 Å². The van der Waals surface area contributed by atoms with Crippen LogP contribution in [-0.2, 0) is 0 Å². The molecule has 166 valence electrons. The van der Waals surface area contributed by atoms with Crippen LogP contribution in [0, 0.1) is 5.82 Å². The summed E-state index contributed by atoms with van der Waals surface area (Å²) in [7, 11) is 0. The Kier molecular flexibility index (Phi) is 5.62. The van der Waals surface area contributed by atoms with Crippen LogP contribution in [0.3, 0.4) is 0 Å². The Morgan fingerprint density at radius 1 is 0.909 bits per heavy atom. The monoisotopic (exact) mass is 441 g/mol. The second kappa shape index (κ2) is 8.88. The van der Waals surface area contributed by atoms with E-state index in [0.717, 1.165) is 35.6 Å². The Hall–Kier alpha value is -3.97. The van der Waals surface area contributed by atoms with Crippen molar-refractivity contribution >= 4 is 39.6 Å². The molecule has 5 rings (SSSR count). The van der Waals surface area contributed by atoms with E-state index in [1.807, 2.05) is 36.4 Å². The molecule has 0 spiro atoms. The van der Waals surface area contributed by atoms with E-state index >= 15 is 0 Å². The van der Waals surface area contributed by atoms with E-state index in [9.17, 15) is 9.18 Å². The molecular formula is C26H24FN5O. The third kappa shape index (κ3) is 4.78. The lowest BCUT2D eigenvalue weighted by Gasteiger charge is -2.33. The zero-order valence-corrected chi connectivity index (χ0v) is 17.9. The second-order valence-corrected chi connectivity index (χ2v) is 8.33. The summed E-state index contributed by atoms with van der Waals surface area (Å²) in [4.78, 5) is 16.9. The molecule has 3 aromatic carbocycles. The topological polar surface area (TPSA) is 92.1 Å². The Morgan fingerprint density at radius 3 is 2.33 bits per heavy atom. The molecule has 1 aromatic heterocycles. The molecule has 0 unspecified atom stereocenters. The first-order chi connectivity index (χ1) is 16.0. The van der Waals surface area contributed by atoms with Gasteiger partial charge in [0.15, 0.2) is 0 Å². The molecule has 1 aliphatic carbocycles. The van der Waals surface area contributed by atoms with Crippen molar-refractivity contribution in [1.82, 2.24) is 4.98 Å². The molecule has 0 aliphatic heterocycles. The summed E-state index contributed by atoms with van der Waals surface area (Å²) < 4.78 is 13.7. The Morgan fingerprint density at radius 2 is 1.61 bits per heavy atom. The summed E-state index contributed by atoms with van der Waals surface area (Å²) >= 11 is 0. The van der Waals surface area contributed by atoms with E-state index in [1.54, 1.807) is 30.5 Å². The minimum atomic E-state index is -0.318. The van der Waals surface area contributed by atoms with Gasteiger partial charge in [-0.1, -0.05) is 0 Å². The number of hydrogen-bond donors (Lipinski definition) is 4. The number of nitrogens with zero attached hydrogens (tertiary/aromatic N) is 1. The number of anilines is 4. The zero-order chi connectivity index (χ0) is 22.8. The maximum atomic E-state index is 13.7. The van der Waals surface area contributed by atoms with Crippen molar-refractivity contribution in [3.63, 3.8) is 0 Å². The molecule has 0 atom stereocenters. The summed E-state index contributed by atoms with van der Waals surface area (Å²) in [6.45, 7) is 0. The number of benzene rings is 3. The van der Waals surface area contributed by atoms with Gasteiger partial charge in [-0.15, -0.1) is 0 Å². The molecule has 0 bridgehead atoms. The van der Waals surface area contributed by atoms with Gasteiger partial charge in [0.2, 0.25) is 0 Å². The van der Waals surface area contributed by atoms with Crippen LogP contribution in [0.4, 0.5) is 27.1 Å². The van der Waals surface area contributed by atoms with Crippen molar-refractivity contribution in [1.29, 1.82) is 0 Å². The molecule has 4 aromatic rings. The van der Waals surface area contributed by atoms with Crippen molar-refractivity contribution in [3.05, 3.63) is 90.4 Å². The number of pyridine rings is 1. The third-order valence-corrected chi connectivity index (χ3v) is 5.82. The van der Waals surface area contributed by atoms with Gasteiger partial charge < -0.3 is 21.7 Å². The minimum absolute atomic E-state index is 0.191. The normalized spacial score (nSPS) is 17.3. The number of aromatic nitrogens is 1. The number of amides is 1. The van der Waals surface area contributed by atoms with E-state index in [1.165, 1.54) is 12.1 Å². The summed E-state index contributed by atoms with van der Waals surface area (Å²) in [5.41, 5.74) is 10.3. The fourth-order valence-corrected chi connectivity index (χ4v) is 3.96. The van der Waals surface area contributed by atoms with Crippen LogP contribution in [-0.4, -0.2) is 23.0 Å². The number of carbonyl (C=O) groups excluding carboxylic acids is 1. The fourth-order valence-electron chi connectivity index (χ4n) is 3.96. The van der Waals surface area contributed by atoms with E-state index in [0.29, 0.717) is 28.6 Å². The molecule has 33 heavy (non-hydrogen) atoms. The average molecular weight is 442 g/mol. The first-order valence-electron chi connectivity index (χ1n) is 10.9. The number of carbonyl (C=O) groups is 1. The van der Waals surface area contributed by atoms with Gasteiger partial charge in [-0.25, -0.2) is 4.39 Å². The number of hydrogen-bond acceptors (Lipinski definition) is 5. The highest BCUT2D eigenvalue weighted by molar-refractivity contribution is 6.04. The summed E-state index contributed by atoms with van der Waals surface area (Å²) in [6, 6.07) is 21.8. The predicted octanol–water partition coefficient (Wildman–Crippen LogP) is 5.27.